The summed E-state index contributed by atoms with van der Waals surface area (Å²) in [6.45, 7) is 1.48. The molecular formula is C41H82NO19P3. The van der Waals surface area contributed by atoms with Crippen LogP contribution in [0.5, 0.6) is 0 Å². The molecule has 4 unspecified atom stereocenters. The number of carbonyl (C=O) groups is 2. The highest BCUT2D eigenvalue weighted by Gasteiger charge is 2.56. The maximum atomic E-state index is 13.1. The van der Waals surface area contributed by atoms with Gasteiger partial charge in [0.1, 0.15) is 43.2 Å². The van der Waals surface area contributed by atoms with Crippen molar-refractivity contribution < 1.29 is 90.6 Å². The van der Waals surface area contributed by atoms with Crippen LogP contribution in [-0.4, -0.2) is 114 Å². The van der Waals surface area contributed by atoms with Gasteiger partial charge in [0.25, 0.3) is 0 Å². The number of phosphoric ester groups is 3. The van der Waals surface area contributed by atoms with Crippen molar-refractivity contribution in [3.63, 3.8) is 0 Å². The molecule has 0 amide bonds. The number of hydrogen-bond acceptors (Lipinski definition) is 15. The van der Waals surface area contributed by atoms with Gasteiger partial charge in [-0.25, -0.2) is 13.7 Å². The summed E-state index contributed by atoms with van der Waals surface area (Å²) in [5.41, 5.74) is 5.53. The molecule has 0 aromatic heterocycles. The molecule has 0 aromatic carbocycles. The van der Waals surface area contributed by atoms with Crippen LogP contribution in [0.3, 0.4) is 0 Å². The topological polar surface area (TPSA) is 329 Å². The normalized spacial score (nSPS) is 22.0. The van der Waals surface area contributed by atoms with E-state index in [-0.39, 0.29) is 12.8 Å². The van der Waals surface area contributed by atoms with E-state index >= 15 is 0 Å². The van der Waals surface area contributed by atoms with Crippen molar-refractivity contribution in [2.75, 3.05) is 19.8 Å². The summed E-state index contributed by atoms with van der Waals surface area (Å²) in [4.78, 5) is 73.1. The third kappa shape index (κ3) is 31.2. The van der Waals surface area contributed by atoms with Crippen molar-refractivity contribution in [2.45, 2.75) is 229 Å². The van der Waals surface area contributed by atoms with E-state index in [0.29, 0.717) is 12.8 Å². The average molecular weight is 986 g/mol. The number of rotatable bonds is 41. The molecule has 20 nitrogen and oxygen atoms in total. The van der Waals surface area contributed by atoms with Gasteiger partial charge in [0.05, 0.1) is 6.61 Å². The predicted molar refractivity (Wildman–Crippen MR) is 237 cm³/mol. The van der Waals surface area contributed by atoms with E-state index < -0.39 is 91.3 Å². The number of aliphatic hydroxyl groups is 3. The Balaban J connectivity index is 2.73. The molecule has 10 N–H and O–H groups in total. The average Bonchev–Trinajstić information content (AvgIpc) is 3.22. The summed E-state index contributed by atoms with van der Waals surface area (Å²) < 4.78 is 65.4. The fourth-order valence-electron chi connectivity index (χ4n) is 7.48. The number of carbonyl (C=O) groups excluding carboxylic acids is 2. The largest absolute Gasteiger partial charge is 0.472 e. The molecule has 23 heteroatoms. The highest BCUT2D eigenvalue weighted by Crippen LogP contribution is 2.51. The second kappa shape index (κ2) is 35.3. The SMILES string of the molecule is CCCCCCCCCCCCCCCC(=O)O[C@@H](COC(=O)CCCCCCCCCCCCCCCN)COP(=O)(O)OC1C(O)[C@@H](OP(=O)(O)O)C(OP(=O)(O)O)[C@@H](O)[C@H]1O. The van der Waals surface area contributed by atoms with Crippen LogP contribution in [0.2, 0.25) is 0 Å². The van der Waals surface area contributed by atoms with Crippen LogP contribution in [0, 0.1) is 0 Å². The van der Waals surface area contributed by atoms with Gasteiger partial charge in [-0.05, 0) is 25.8 Å². The van der Waals surface area contributed by atoms with Gasteiger partial charge in [-0.1, -0.05) is 155 Å². The van der Waals surface area contributed by atoms with Crippen LogP contribution in [0.25, 0.3) is 0 Å². The summed E-state index contributed by atoms with van der Waals surface area (Å²) in [5.74, 6) is -1.29. The van der Waals surface area contributed by atoms with E-state index in [0.717, 1.165) is 70.8 Å². The minimum Gasteiger partial charge on any atom is -0.462 e. The first-order chi connectivity index (χ1) is 30.3. The lowest BCUT2D eigenvalue weighted by Crippen LogP contribution is -2.65. The Hall–Kier alpha value is -0.890. The Morgan fingerprint density at radius 2 is 0.844 bits per heavy atom. The fraction of sp³-hybridized carbons (Fsp3) is 0.951. The molecule has 0 aromatic rings. The highest BCUT2D eigenvalue weighted by molar-refractivity contribution is 7.47. The molecule has 1 aliphatic rings. The minimum absolute atomic E-state index is 0.00187. The highest BCUT2D eigenvalue weighted by atomic mass is 31.2. The molecule has 8 atom stereocenters. The smallest absolute Gasteiger partial charge is 0.462 e. The molecule has 1 rings (SSSR count). The molecule has 1 fully saturated rings. The lowest BCUT2D eigenvalue weighted by atomic mass is 9.85. The summed E-state index contributed by atoms with van der Waals surface area (Å²) >= 11 is 0. The number of ether oxygens (including phenoxy) is 2. The first kappa shape index (κ1) is 61.1. The summed E-state index contributed by atoms with van der Waals surface area (Å²) in [7, 11) is -16.6. The van der Waals surface area contributed by atoms with Gasteiger partial charge in [-0.2, -0.15) is 0 Å². The van der Waals surface area contributed by atoms with Crippen molar-refractivity contribution in [1.29, 1.82) is 0 Å². The minimum atomic E-state index is -5.60. The van der Waals surface area contributed by atoms with Gasteiger partial charge in [0.15, 0.2) is 6.10 Å². The van der Waals surface area contributed by atoms with E-state index in [1.165, 1.54) is 89.9 Å². The summed E-state index contributed by atoms with van der Waals surface area (Å²) in [6, 6.07) is 0. The maximum Gasteiger partial charge on any atom is 0.472 e. The molecule has 1 saturated carbocycles. The molecule has 0 bridgehead atoms. The molecule has 0 saturated heterocycles. The van der Waals surface area contributed by atoms with Crippen LogP contribution in [0.15, 0.2) is 0 Å². The van der Waals surface area contributed by atoms with Gasteiger partial charge in [-0.15, -0.1) is 0 Å². The first-order valence-electron chi connectivity index (χ1n) is 23.5. The van der Waals surface area contributed by atoms with Crippen LogP contribution in [-0.2, 0) is 50.9 Å². The van der Waals surface area contributed by atoms with Crippen LogP contribution in [0.1, 0.15) is 187 Å². The van der Waals surface area contributed by atoms with Gasteiger partial charge >= 0.3 is 35.4 Å². The standard InChI is InChI=1S/C41H82NO19P3/c1-2-3-4-5-6-7-8-10-14-17-20-23-26-29-35(44)58-33(31-56-34(43)28-25-22-19-16-13-11-9-12-15-18-21-24-27-30-42)32-57-64(54,55)61-39-36(45)37(46)40(59-62(48,49)50)41(38(39)47)60-63(51,52)53/h33,36-41,45-47H,2-32,42H2,1H3,(H,54,55)(H2,48,49,50)(H2,51,52,53)/t33-,36+,37-,38?,39?,40?,41+/m0/s1. The van der Waals surface area contributed by atoms with E-state index in [4.69, 9.17) is 24.3 Å². The monoisotopic (exact) mass is 985 g/mol. The lowest BCUT2D eigenvalue weighted by molar-refractivity contribution is -0.213. The van der Waals surface area contributed by atoms with Gasteiger partial charge in [0, 0.05) is 12.8 Å². The van der Waals surface area contributed by atoms with E-state index in [9.17, 15) is 63.1 Å². The summed E-state index contributed by atoms with van der Waals surface area (Å²) in [5, 5.41) is 31.8. The molecular weight excluding hydrogens is 903 g/mol. The van der Waals surface area contributed by atoms with Crippen molar-refractivity contribution in [3.05, 3.63) is 0 Å². The maximum absolute atomic E-state index is 13.1. The van der Waals surface area contributed by atoms with E-state index in [2.05, 4.69) is 16.0 Å². The lowest BCUT2D eigenvalue weighted by Gasteiger charge is -2.44. The fourth-order valence-corrected chi connectivity index (χ4v) is 9.57. The molecule has 0 heterocycles. The number of aliphatic hydroxyl groups excluding tert-OH is 3. The van der Waals surface area contributed by atoms with E-state index in [1.807, 2.05) is 0 Å². The number of nitrogens with two attached hydrogens (primary N) is 1. The molecule has 380 valence electrons. The van der Waals surface area contributed by atoms with Gasteiger partial charge in [0.2, 0.25) is 0 Å². The second-order valence-corrected chi connectivity index (χ2v) is 20.6. The summed E-state index contributed by atoms with van der Waals surface area (Å²) in [6.07, 6.45) is 12.1. The Morgan fingerprint density at radius 1 is 0.484 bits per heavy atom. The van der Waals surface area contributed by atoms with Crippen molar-refractivity contribution in [3.8, 4) is 0 Å². The Morgan fingerprint density at radius 3 is 1.25 bits per heavy atom. The van der Waals surface area contributed by atoms with Crippen LogP contribution >= 0.6 is 23.5 Å². The second-order valence-electron chi connectivity index (χ2n) is 16.8. The molecule has 64 heavy (non-hydrogen) atoms. The Bertz CT molecular complexity index is 1370. The number of esters is 2. The third-order valence-electron chi connectivity index (χ3n) is 11.0. The van der Waals surface area contributed by atoms with Gasteiger partial charge < -0.3 is 55.0 Å². The first-order valence-corrected chi connectivity index (χ1v) is 28.1. The molecule has 0 spiro atoms. The molecule has 0 radical (unpaired) electrons. The Kier molecular flexibility index (Phi) is 33.7. The van der Waals surface area contributed by atoms with Gasteiger partial charge in [-0.3, -0.25) is 27.7 Å². The molecule has 0 aliphatic heterocycles. The predicted octanol–water partition coefficient (Wildman–Crippen LogP) is 6.90. The number of hydrogen-bond donors (Lipinski definition) is 9. The van der Waals surface area contributed by atoms with Crippen LogP contribution in [0.4, 0.5) is 0 Å². The third-order valence-corrected chi connectivity index (χ3v) is 13.0. The van der Waals surface area contributed by atoms with E-state index in [1.54, 1.807) is 0 Å². The zero-order chi connectivity index (χ0) is 47.9. The van der Waals surface area contributed by atoms with Crippen molar-refractivity contribution >= 4 is 35.4 Å². The number of phosphoric acid groups is 3. The molecule has 1 aliphatic carbocycles. The number of unbranched alkanes of at least 4 members (excludes halogenated alkanes) is 24. The van der Waals surface area contributed by atoms with Crippen molar-refractivity contribution in [1.82, 2.24) is 0 Å². The zero-order valence-electron chi connectivity index (χ0n) is 37.9. The Labute approximate surface area is 380 Å². The zero-order valence-corrected chi connectivity index (χ0v) is 40.6. The van der Waals surface area contributed by atoms with Crippen molar-refractivity contribution in [2.24, 2.45) is 5.73 Å². The van der Waals surface area contributed by atoms with Crippen LogP contribution < -0.4 is 5.73 Å². The quantitative estimate of drug-likeness (QED) is 0.0171.